The molecule has 1 aliphatic rings. The molecule has 21 heavy (non-hydrogen) atoms. The van der Waals surface area contributed by atoms with Crippen molar-refractivity contribution in [2.24, 2.45) is 0 Å². The second-order valence-electron chi connectivity index (χ2n) is 4.64. The summed E-state index contributed by atoms with van der Waals surface area (Å²) in [6, 6.07) is 0.488. The first-order chi connectivity index (χ1) is 9.78. The number of carbonyl (C=O) groups excluding carboxylic acids is 1. The second kappa shape index (κ2) is 5.57. The first kappa shape index (κ1) is 15.6. The van der Waals surface area contributed by atoms with E-state index in [0.717, 1.165) is 16.4 Å². The molecular weight excluding hydrogens is 304 g/mol. The quantitative estimate of drug-likeness (QED) is 0.791. The average Bonchev–Trinajstić information content (AvgIpc) is 2.36. The molecule has 1 atom stereocenters. The van der Waals surface area contributed by atoms with E-state index in [1.165, 1.54) is 0 Å². The van der Waals surface area contributed by atoms with E-state index < -0.39 is 38.5 Å². The van der Waals surface area contributed by atoms with E-state index in [1.807, 2.05) is 0 Å². The lowest BCUT2D eigenvalue weighted by Crippen LogP contribution is -2.56. The molecule has 1 saturated heterocycles. The van der Waals surface area contributed by atoms with Gasteiger partial charge in [0.25, 0.3) is 0 Å². The van der Waals surface area contributed by atoms with Crippen LogP contribution in [0.5, 0.6) is 0 Å². The molecule has 0 radical (unpaired) electrons. The van der Waals surface area contributed by atoms with Gasteiger partial charge in [-0.15, -0.1) is 0 Å². The maximum atomic E-state index is 13.9. The van der Waals surface area contributed by atoms with Crippen LogP contribution in [0.4, 0.5) is 14.5 Å². The maximum absolute atomic E-state index is 13.9. The molecule has 1 amide bonds. The lowest BCUT2D eigenvalue weighted by molar-refractivity contribution is -0.126. The Morgan fingerprint density at radius 2 is 1.95 bits per heavy atom. The zero-order valence-electron chi connectivity index (χ0n) is 11.3. The number of nitrogens with one attached hydrogen (secondary N) is 1. The van der Waals surface area contributed by atoms with Crippen LogP contribution in [0.15, 0.2) is 17.0 Å². The third kappa shape index (κ3) is 2.70. The number of nitrogens with two attached hydrogens (primary N) is 1. The number of amides is 1. The molecule has 6 nitrogen and oxygen atoms in total. The number of hydrogen-bond acceptors (Lipinski definition) is 4. The van der Waals surface area contributed by atoms with Gasteiger partial charge in [-0.1, -0.05) is 6.92 Å². The van der Waals surface area contributed by atoms with Crippen molar-refractivity contribution in [3.8, 4) is 0 Å². The molecule has 116 valence electrons. The lowest BCUT2D eigenvalue weighted by atomic mass is 10.2. The van der Waals surface area contributed by atoms with Gasteiger partial charge >= 0.3 is 0 Å². The zero-order chi connectivity index (χ0) is 15.8. The first-order valence-electron chi connectivity index (χ1n) is 6.33. The topological polar surface area (TPSA) is 92.5 Å². The van der Waals surface area contributed by atoms with Gasteiger partial charge < -0.3 is 11.1 Å². The van der Waals surface area contributed by atoms with Gasteiger partial charge in [0.1, 0.15) is 17.7 Å². The summed E-state index contributed by atoms with van der Waals surface area (Å²) < 4.78 is 53.5. The summed E-state index contributed by atoms with van der Waals surface area (Å²) in [6.45, 7) is 1.66. The molecule has 2 rings (SSSR count). The Hall–Kier alpha value is -1.74. The first-order valence-corrected chi connectivity index (χ1v) is 7.77. The molecular formula is C12H15F2N3O3S. The van der Waals surface area contributed by atoms with Gasteiger partial charge in [0.2, 0.25) is 15.9 Å². The van der Waals surface area contributed by atoms with Gasteiger partial charge in [-0.2, -0.15) is 4.31 Å². The minimum absolute atomic E-state index is 0.0458. The number of carbonyl (C=O) groups is 1. The molecule has 1 heterocycles. The van der Waals surface area contributed by atoms with Crippen molar-refractivity contribution in [2.45, 2.75) is 24.3 Å². The number of benzene rings is 1. The fourth-order valence-corrected chi connectivity index (χ4v) is 4.07. The van der Waals surface area contributed by atoms with Crippen molar-refractivity contribution in [3.05, 3.63) is 23.8 Å². The van der Waals surface area contributed by atoms with Crippen molar-refractivity contribution >= 4 is 21.6 Å². The van der Waals surface area contributed by atoms with Gasteiger partial charge in [-0.05, 0) is 18.6 Å². The molecule has 3 N–H and O–H groups in total. The summed E-state index contributed by atoms with van der Waals surface area (Å²) in [5, 5.41) is 2.52. The molecule has 1 aromatic carbocycles. The van der Waals surface area contributed by atoms with Gasteiger partial charge in [0.05, 0.1) is 0 Å². The van der Waals surface area contributed by atoms with Crippen LogP contribution in [-0.2, 0) is 14.8 Å². The molecule has 1 fully saturated rings. The molecule has 0 bridgehead atoms. The average molecular weight is 319 g/mol. The van der Waals surface area contributed by atoms with Crippen LogP contribution in [0.3, 0.4) is 0 Å². The number of anilines is 1. The Balaban J connectivity index is 2.54. The predicted molar refractivity (Wildman–Crippen MR) is 71.8 cm³/mol. The summed E-state index contributed by atoms with van der Waals surface area (Å²) in [4.78, 5) is 10.6. The minimum atomic E-state index is -4.47. The third-order valence-corrected chi connectivity index (χ3v) is 5.22. The Labute approximate surface area is 121 Å². The van der Waals surface area contributed by atoms with Gasteiger partial charge in [0, 0.05) is 18.8 Å². The normalized spacial score (nSPS) is 20.3. The van der Waals surface area contributed by atoms with E-state index in [4.69, 9.17) is 5.73 Å². The second-order valence-corrected chi connectivity index (χ2v) is 6.47. The van der Waals surface area contributed by atoms with Gasteiger partial charge in [-0.3, -0.25) is 4.79 Å². The van der Waals surface area contributed by atoms with Crippen LogP contribution in [0, 0.1) is 11.6 Å². The Morgan fingerprint density at radius 1 is 1.38 bits per heavy atom. The van der Waals surface area contributed by atoms with Crippen LogP contribution >= 0.6 is 0 Å². The Kier molecular flexibility index (Phi) is 4.15. The predicted octanol–water partition coefficient (Wildman–Crippen LogP) is 0.446. The Bertz CT molecular complexity index is 655. The largest absolute Gasteiger partial charge is 0.399 e. The summed E-state index contributed by atoms with van der Waals surface area (Å²) >= 11 is 0. The van der Waals surface area contributed by atoms with E-state index >= 15 is 0 Å². The van der Waals surface area contributed by atoms with Crippen LogP contribution in [0.2, 0.25) is 0 Å². The highest BCUT2D eigenvalue weighted by Crippen LogP contribution is 2.27. The number of hydrogen-bond donors (Lipinski definition) is 2. The third-order valence-electron chi connectivity index (χ3n) is 3.26. The minimum Gasteiger partial charge on any atom is -0.399 e. The van der Waals surface area contributed by atoms with E-state index in [2.05, 4.69) is 5.32 Å². The number of nitrogens with zero attached hydrogens (tertiary/aromatic N) is 1. The SMILES string of the molecule is CCC1C(=O)NCCN1S(=O)(=O)c1c(F)cc(N)cc1F. The van der Waals surface area contributed by atoms with Gasteiger partial charge in [-0.25, -0.2) is 17.2 Å². The van der Waals surface area contributed by atoms with Gasteiger partial charge in [0.15, 0.2) is 4.90 Å². The van der Waals surface area contributed by atoms with Crippen LogP contribution in [-0.4, -0.2) is 37.8 Å². The van der Waals surface area contributed by atoms with Crippen LogP contribution < -0.4 is 11.1 Å². The van der Waals surface area contributed by atoms with Crippen molar-refractivity contribution in [3.63, 3.8) is 0 Å². The summed E-state index contributed by atoms with van der Waals surface area (Å²) in [7, 11) is -4.47. The fraction of sp³-hybridized carbons (Fsp3) is 0.417. The summed E-state index contributed by atoms with van der Waals surface area (Å²) in [5.74, 6) is -3.02. The van der Waals surface area contributed by atoms with E-state index in [9.17, 15) is 22.0 Å². The molecule has 9 heteroatoms. The van der Waals surface area contributed by atoms with Crippen molar-refractivity contribution < 1.29 is 22.0 Å². The number of rotatable bonds is 3. The molecule has 0 aromatic heterocycles. The molecule has 0 aliphatic carbocycles. The number of piperazine rings is 1. The Morgan fingerprint density at radius 3 is 2.48 bits per heavy atom. The van der Waals surface area contributed by atoms with Crippen molar-refractivity contribution in [1.29, 1.82) is 0 Å². The van der Waals surface area contributed by atoms with E-state index in [0.29, 0.717) is 0 Å². The molecule has 1 aromatic rings. The van der Waals surface area contributed by atoms with Crippen molar-refractivity contribution in [1.82, 2.24) is 9.62 Å². The number of nitrogen functional groups attached to an aromatic ring is 1. The summed E-state index contributed by atoms with van der Waals surface area (Å²) in [6.07, 6.45) is 0.198. The maximum Gasteiger partial charge on any atom is 0.249 e. The number of halogens is 2. The van der Waals surface area contributed by atoms with E-state index in [1.54, 1.807) is 6.92 Å². The molecule has 1 unspecified atom stereocenters. The molecule has 0 spiro atoms. The van der Waals surface area contributed by atoms with Crippen LogP contribution in [0.1, 0.15) is 13.3 Å². The highest BCUT2D eigenvalue weighted by Gasteiger charge is 2.40. The fourth-order valence-electron chi connectivity index (χ4n) is 2.31. The molecule has 1 aliphatic heterocycles. The smallest absolute Gasteiger partial charge is 0.249 e. The van der Waals surface area contributed by atoms with E-state index in [-0.39, 0.29) is 25.2 Å². The van der Waals surface area contributed by atoms with Crippen LogP contribution in [0.25, 0.3) is 0 Å². The van der Waals surface area contributed by atoms with Crippen molar-refractivity contribution in [2.75, 3.05) is 18.8 Å². The zero-order valence-corrected chi connectivity index (χ0v) is 12.1. The molecule has 0 saturated carbocycles. The highest BCUT2D eigenvalue weighted by atomic mass is 32.2. The number of sulfonamides is 1. The monoisotopic (exact) mass is 319 g/mol. The lowest BCUT2D eigenvalue weighted by Gasteiger charge is -2.33. The highest BCUT2D eigenvalue weighted by molar-refractivity contribution is 7.89. The standard InChI is InChI=1S/C12H15F2N3O3S/c1-2-10-12(18)16-3-4-17(10)21(19,20)11-8(13)5-7(15)6-9(11)14/h5-6,10H,2-4,15H2,1H3,(H,16,18). The summed E-state index contributed by atoms with van der Waals surface area (Å²) in [5.41, 5.74) is 5.06.